The minimum Gasteiger partial charge on any atom is -0.399 e. The predicted molar refractivity (Wildman–Crippen MR) is 151 cm³/mol. The molecule has 2 heterocycles. The number of hydrogen-bond donors (Lipinski definition) is 1. The Balaban J connectivity index is 1.50. The van der Waals surface area contributed by atoms with Gasteiger partial charge in [-0.15, -0.1) is 0 Å². The third-order valence-corrected chi connectivity index (χ3v) is 7.42. The van der Waals surface area contributed by atoms with E-state index in [1.165, 1.54) is 5.56 Å². The largest absolute Gasteiger partial charge is 0.494 e. The molecule has 7 heteroatoms. The number of nitrogens with one attached hydrogen (secondary N) is 1. The van der Waals surface area contributed by atoms with Crippen LogP contribution in [0.4, 0.5) is 5.82 Å². The fourth-order valence-corrected chi connectivity index (χ4v) is 4.18. The molecule has 4 rings (SSSR count). The van der Waals surface area contributed by atoms with Crippen molar-refractivity contribution >= 4 is 24.3 Å². The molecule has 6 nitrogen and oxygen atoms in total. The molecule has 0 bridgehead atoms. The van der Waals surface area contributed by atoms with Crippen LogP contribution in [0.15, 0.2) is 54.6 Å². The molecule has 196 valence electrons. The van der Waals surface area contributed by atoms with E-state index >= 15 is 0 Å². The highest BCUT2D eigenvalue weighted by Crippen LogP contribution is 2.36. The van der Waals surface area contributed by atoms with E-state index in [4.69, 9.17) is 14.4 Å². The average Bonchev–Trinajstić information content (AvgIpc) is 3.31. The highest BCUT2D eigenvalue weighted by Gasteiger charge is 2.51. The summed E-state index contributed by atoms with van der Waals surface area (Å²) >= 11 is 0. The van der Waals surface area contributed by atoms with Gasteiger partial charge in [-0.2, -0.15) is 5.10 Å². The van der Waals surface area contributed by atoms with E-state index in [-0.39, 0.29) is 28.9 Å². The van der Waals surface area contributed by atoms with Crippen molar-refractivity contribution in [2.45, 2.75) is 91.3 Å². The van der Waals surface area contributed by atoms with Crippen LogP contribution in [0, 0.1) is 0 Å². The van der Waals surface area contributed by atoms with Crippen LogP contribution >= 0.6 is 0 Å². The Morgan fingerprint density at radius 2 is 1.54 bits per heavy atom. The molecule has 37 heavy (non-hydrogen) atoms. The van der Waals surface area contributed by atoms with Crippen LogP contribution in [0.25, 0.3) is 5.69 Å². The summed E-state index contributed by atoms with van der Waals surface area (Å²) in [5.74, 6) is 1.02. The van der Waals surface area contributed by atoms with Crippen molar-refractivity contribution < 1.29 is 14.1 Å². The third kappa shape index (κ3) is 5.83. The molecule has 1 aromatic heterocycles. The number of rotatable bonds is 6. The Kier molecular flexibility index (Phi) is 7.17. The topological polar surface area (TPSA) is 65.4 Å². The second-order valence-corrected chi connectivity index (χ2v) is 12.4. The lowest BCUT2D eigenvalue weighted by molar-refractivity contribution is -0.115. The van der Waals surface area contributed by atoms with Gasteiger partial charge in [0.1, 0.15) is 5.82 Å². The zero-order chi connectivity index (χ0) is 27.2. The number of benzene rings is 2. The number of carbonyl (C=O) groups excluding carboxylic acids is 1. The molecule has 0 spiro atoms. The molecular formula is C30H40BN3O3. The molecule has 1 amide bonds. The van der Waals surface area contributed by atoms with Gasteiger partial charge in [0, 0.05) is 11.5 Å². The number of aromatic nitrogens is 2. The quantitative estimate of drug-likeness (QED) is 0.436. The highest BCUT2D eigenvalue weighted by atomic mass is 16.7. The molecule has 0 aliphatic carbocycles. The van der Waals surface area contributed by atoms with Gasteiger partial charge in [-0.1, -0.05) is 71.0 Å². The van der Waals surface area contributed by atoms with Crippen LogP contribution in [0.2, 0.25) is 0 Å². The summed E-state index contributed by atoms with van der Waals surface area (Å²) in [6.45, 7) is 18.9. The minimum absolute atomic E-state index is 0.0937. The van der Waals surface area contributed by atoms with Crippen molar-refractivity contribution in [2.24, 2.45) is 0 Å². The van der Waals surface area contributed by atoms with Crippen molar-refractivity contribution in [2.75, 3.05) is 5.32 Å². The lowest BCUT2D eigenvalue weighted by Crippen LogP contribution is -2.41. The molecule has 3 aromatic rings. The van der Waals surface area contributed by atoms with E-state index < -0.39 is 7.12 Å². The Labute approximate surface area is 221 Å². The third-order valence-electron chi connectivity index (χ3n) is 7.42. The number of nitrogens with zero attached hydrogens (tertiary/aromatic N) is 2. The summed E-state index contributed by atoms with van der Waals surface area (Å²) in [4.78, 5) is 13.1. The SMILES string of the molecule is CC(C)c1ccc(-n2nc(C(C)(C)C)cc2NC(=O)Cc2ccc(B3OC(C)(C)C(C)(C)O3)cc2)cc1. The summed E-state index contributed by atoms with van der Waals surface area (Å²) in [7, 11) is -0.417. The molecule has 0 atom stereocenters. The molecule has 1 aliphatic heterocycles. The van der Waals surface area contributed by atoms with Gasteiger partial charge < -0.3 is 14.6 Å². The van der Waals surface area contributed by atoms with Crippen molar-refractivity contribution in [1.29, 1.82) is 0 Å². The molecule has 0 unspecified atom stereocenters. The summed E-state index contributed by atoms with van der Waals surface area (Å²) in [6, 6.07) is 18.2. The van der Waals surface area contributed by atoms with Crippen molar-refractivity contribution in [3.63, 3.8) is 0 Å². The maximum Gasteiger partial charge on any atom is 0.494 e. The van der Waals surface area contributed by atoms with E-state index in [0.29, 0.717) is 11.7 Å². The van der Waals surface area contributed by atoms with E-state index in [0.717, 1.165) is 22.4 Å². The van der Waals surface area contributed by atoms with Gasteiger partial charge in [0.15, 0.2) is 0 Å². The van der Waals surface area contributed by atoms with Crippen molar-refractivity contribution in [1.82, 2.24) is 9.78 Å². The van der Waals surface area contributed by atoms with Gasteiger partial charge in [-0.05, 0) is 62.3 Å². The number of amides is 1. The molecule has 0 saturated carbocycles. The maximum absolute atomic E-state index is 13.1. The molecular weight excluding hydrogens is 461 g/mol. The monoisotopic (exact) mass is 501 g/mol. The summed E-state index contributed by atoms with van der Waals surface area (Å²) in [5.41, 5.74) is 4.04. The van der Waals surface area contributed by atoms with Gasteiger partial charge in [0.05, 0.1) is 29.0 Å². The van der Waals surface area contributed by atoms with Crippen LogP contribution in [-0.2, 0) is 25.9 Å². The first-order valence-corrected chi connectivity index (χ1v) is 13.1. The predicted octanol–water partition coefficient (Wildman–Crippen LogP) is 5.77. The standard InChI is InChI=1S/C30H40BN3O3/c1-20(2)22-12-16-24(17-13-22)34-26(19-25(33-34)28(3,4)5)32-27(35)18-21-10-14-23(15-11-21)31-36-29(6,7)30(8,9)37-31/h10-17,19-20H,18H2,1-9H3,(H,32,35). The Bertz CT molecular complexity index is 1240. The Morgan fingerprint density at radius 1 is 0.973 bits per heavy atom. The average molecular weight is 501 g/mol. The van der Waals surface area contributed by atoms with E-state index in [1.54, 1.807) is 0 Å². The van der Waals surface area contributed by atoms with Crippen LogP contribution in [0.1, 0.15) is 85.1 Å². The van der Waals surface area contributed by atoms with Gasteiger partial charge in [-0.3, -0.25) is 4.79 Å². The highest BCUT2D eigenvalue weighted by molar-refractivity contribution is 6.62. The lowest BCUT2D eigenvalue weighted by Gasteiger charge is -2.32. The van der Waals surface area contributed by atoms with Crippen molar-refractivity contribution in [3.05, 3.63) is 71.4 Å². The molecule has 1 aliphatic rings. The molecule has 1 fully saturated rings. The molecule has 1 N–H and O–H groups in total. The zero-order valence-electron chi connectivity index (χ0n) is 23.7. The molecule has 0 radical (unpaired) electrons. The van der Waals surface area contributed by atoms with Crippen molar-refractivity contribution in [3.8, 4) is 5.69 Å². The fourth-order valence-electron chi connectivity index (χ4n) is 4.18. The maximum atomic E-state index is 13.1. The van der Waals surface area contributed by atoms with E-state index in [9.17, 15) is 4.79 Å². The first-order chi connectivity index (χ1) is 17.2. The summed E-state index contributed by atoms with van der Waals surface area (Å²) in [6.07, 6.45) is 0.256. The fraction of sp³-hybridized carbons (Fsp3) is 0.467. The summed E-state index contributed by atoms with van der Waals surface area (Å²) < 4.78 is 14.1. The lowest BCUT2D eigenvalue weighted by atomic mass is 9.79. The summed E-state index contributed by atoms with van der Waals surface area (Å²) in [5, 5.41) is 7.93. The van der Waals surface area contributed by atoms with Gasteiger partial charge in [0.25, 0.3) is 0 Å². The second kappa shape index (κ2) is 9.77. The van der Waals surface area contributed by atoms with Crippen LogP contribution < -0.4 is 10.8 Å². The normalized spacial score (nSPS) is 16.9. The van der Waals surface area contributed by atoms with Crippen LogP contribution in [-0.4, -0.2) is 34.0 Å². The smallest absolute Gasteiger partial charge is 0.399 e. The zero-order valence-corrected chi connectivity index (χ0v) is 23.7. The molecule has 1 saturated heterocycles. The van der Waals surface area contributed by atoms with E-state index in [2.05, 4.69) is 64.2 Å². The minimum atomic E-state index is -0.417. The first kappa shape index (κ1) is 27.1. The Hall–Kier alpha value is -2.90. The first-order valence-electron chi connectivity index (χ1n) is 13.1. The van der Waals surface area contributed by atoms with E-state index in [1.807, 2.05) is 62.7 Å². The second-order valence-electron chi connectivity index (χ2n) is 12.4. The van der Waals surface area contributed by atoms with Gasteiger partial charge in [0.2, 0.25) is 5.91 Å². The number of hydrogen-bond acceptors (Lipinski definition) is 4. The number of carbonyl (C=O) groups is 1. The van der Waals surface area contributed by atoms with Crippen LogP contribution in [0.5, 0.6) is 0 Å². The van der Waals surface area contributed by atoms with Gasteiger partial charge >= 0.3 is 7.12 Å². The Morgan fingerprint density at radius 3 is 2.05 bits per heavy atom. The molecule has 2 aromatic carbocycles. The van der Waals surface area contributed by atoms with Crippen LogP contribution in [0.3, 0.4) is 0 Å². The number of anilines is 1. The van der Waals surface area contributed by atoms with Gasteiger partial charge in [-0.25, -0.2) is 4.68 Å².